The molecule has 0 amide bonds. The molecule has 1 aliphatic carbocycles. The third-order valence-corrected chi connectivity index (χ3v) is 4.59. The highest BCUT2D eigenvalue weighted by Crippen LogP contribution is 2.42. The van der Waals surface area contributed by atoms with Gasteiger partial charge in [0.25, 0.3) is 0 Å². The number of halogens is 3. The van der Waals surface area contributed by atoms with Crippen LogP contribution in [-0.4, -0.2) is 11.0 Å². The molecule has 100 valence electrons. The first-order valence-electron chi connectivity index (χ1n) is 6.20. The van der Waals surface area contributed by atoms with Gasteiger partial charge in [-0.25, -0.2) is 8.78 Å². The zero-order chi connectivity index (χ0) is 13.3. The lowest BCUT2D eigenvalue weighted by Gasteiger charge is -2.18. The van der Waals surface area contributed by atoms with Crippen LogP contribution in [0.5, 0.6) is 0 Å². The molecule has 0 radical (unpaired) electrons. The van der Waals surface area contributed by atoms with E-state index in [1.807, 2.05) is 25.1 Å². The minimum Gasteiger partial charge on any atom is -0.388 e. The number of benzene rings is 1. The summed E-state index contributed by atoms with van der Waals surface area (Å²) in [6.07, 6.45) is 0.157. The van der Waals surface area contributed by atoms with Crippen LogP contribution in [-0.2, 0) is 0 Å². The summed E-state index contributed by atoms with van der Waals surface area (Å²) in [5, 5.41) is 10.2. The van der Waals surface area contributed by atoms with Crippen LogP contribution in [0.2, 0.25) is 0 Å². The van der Waals surface area contributed by atoms with E-state index in [1.54, 1.807) is 0 Å². The molecule has 1 fully saturated rings. The first-order valence-corrected chi connectivity index (χ1v) is 6.99. The number of hydrogen-bond acceptors (Lipinski definition) is 1. The standard InChI is InChI=1S/C14H17BrF2O/c1-9-11(3-2-4-12(9)15)13(18)7-10-5-6-14(16,17)8-10/h2-4,10,13,18H,5-8H2,1H3. The van der Waals surface area contributed by atoms with E-state index in [1.165, 1.54) is 0 Å². The summed E-state index contributed by atoms with van der Waals surface area (Å²) >= 11 is 3.41. The molecule has 1 aromatic rings. The molecule has 0 aliphatic heterocycles. The number of aliphatic hydroxyl groups excluding tert-OH is 1. The van der Waals surface area contributed by atoms with Gasteiger partial charge in [0.2, 0.25) is 5.92 Å². The molecule has 1 aromatic carbocycles. The zero-order valence-electron chi connectivity index (χ0n) is 10.3. The fourth-order valence-corrected chi connectivity index (χ4v) is 3.05. The average Bonchev–Trinajstić information content (AvgIpc) is 2.62. The van der Waals surface area contributed by atoms with E-state index >= 15 is 0 Å². The molecule has 1 aliphatic rings. The molecule has 0 spiro atoms. The predicted molar refractivity (Wildman–Crippen MR) is 70.7 cm³/mol. The van der Waals surface area contributed by atoms with Gasteiger partial charge in [0, 0.05) is 17.3 Å². The molecule has 2 atom stereocenters. The van der Waals surface area contributed by atoms with Gasteiger partial charge >= 0.3 is 0 Å². The van der Waals surface area contributed by atoms with E-state index in [2.05, 4.69) is 15.9 Å². The van der Waals surface area contributed by atoms with Gasteiger partial charge in [-0.1, -0.05) is 28.1 Å². The van der Waals surface area contributed by atoms with Gasteiger partial charge in [-0.2, -0.15) is 0 Å². The molecule has 4 heteroatoms. The van der Waals surface area contributed by atoms with Crippen LogP contribution >= 0.6 is 15.9 Å². The van der Waals surface area contributed by atoms with Crippen molar-refractivity contribution in [3.8, 4) is 0 Å². The smallest absolute Gasteiger partial charge is 0.248 e. The number of aliphatic hydroxyl groups is 1. The number of alkyl halides is 2. The second-order valence-electron chi connectivity index (χ2n) is 5.17. The van der Waals surface area contributed by atoms with E-state index in [-0.39, 0.29) is 18.8 Å². The van der Waals surface area contributed by atoms with Crippen molar-refractivity contribution in [1.29, 1.82) is 0 Å². The average molecular weight is 319 g/mol. The third kappa shape index (κ3) is 3.09. The Hall–Kier alpha value is -0.480. The molecule has 18 heavy (non-hydrogen) atoms. The van der Waals surface area contributed by atoms with Crippen LogP contribution in [0.4, 0.5) is 8.78 Å². The lowest BCUT2D eigenvalue weighted by molar-refractivity contribution is 0.00254. The topological polar surface area (TPSA) is 20.2 Å². The SMILES string of the molecule is Cc1c(Br)cccc1C(O)CC1CCC(F)(F)C1. The Morgan fingerprint density at radius 3 is 2.83 bits per heavy atom. The van der Waals surface area contributed by atoms with Gasteiger partial charge in [-0.05, 0) is 42.9 Å². The zero-order valence-corrected chi connectivity index (χ0v) is 11.9. The Kier molecular flexibility index (Phi) is 4.07. The largest absolute Gasteiger partial charge is 0.388 e. The molecule has 0 heterocycles. The summed E-state index contributed by atoms with van der Waals surface area (Å²) < 4.78 is 27.1. The highest BCUT2D eigenvalue weighted by Gasteiger charge is 2.40. The normalized spacial score (nSPS) is 24.2. The van der Waals surface area contributed by atoms with E-state index in [4.69, 9.17) is 0 Å². The number of hydrogen-bond donors (Lipinski definition) is 1. The molecule has 2 unspecified atom stereocenters. The maximum Gasteiger partial charge on any atom is 0.248 e. The van der Waals surface area contributed by atoms with E-state index in [0.29, 0.717) is 12.8 Å². The summed E-state index contributed by atoms with van der Waals surface area (Å²) in [6.45, 7) is 1.92. The van der Waals surface area contributed by atoms with Crippen LogP contribution in [0.1, 0.15) is 42.9 Å². The van der Waals surface area contributed by atoms with Crippen molar-refractivity contribution in [2.24, 2.45) is 5.92 Å². The van der Waals surface area contributed by atoms with Crippen molar-refractivity contribution in [3.63, 3.8) is 0 Å². The van der Waals surface area contributed by atoms with Crippen molar-refractivity contribution in [2.75, 3.05) is 0 Å². The first kappa shape index (κ1) is 13.9. The van der Waals surface area contributed by atoms with Crippen molar-refractivity contribution >= 4 is 15.9 Å². The fourth-order valence-electron chi connectivity index (χ4n) is 2.67. The monoisotopic (exact) mass is 318 g/mol. The highest BCUT2D eigenvalue weighted by molar-refractivity contribution is 9.10. The molecule has 1 nitrogen and oxygen atoms in total. The summed E-state index contributed by atoms with van der Waals surface area (Å²) in [6, 6.07) is 5.63. The van der Waals surface area contributed by atoms with Crippen molar-refractivity contribution in [2.45, 2.75) is 44.6 Å². The maximum absolute atomic E-state index is 13.1. The minimum absolute atomic E-state index is 0.0398. The Labute approximate surface area is 114 Å². The van der Waals surface area contributed by atoms with E-state index < -0.39 is 12.0 Å². The second kappa shape index (κ2) is 5.25. The molecule has 1 saturated carbocycles. The van der Waals surface area contributed by atoms with Crippen LogP contribution in [0.15, 0.2) is 22.7 Å². The molecular weight excluding hydrogens is 302 g/mol. The quantitative estimate of drug-likeness (QED) is 0.862. The molecule has 0 aromatic heterocycles. The summed E-state index contributed by atoms with van der Waals surface area (Å²) in [5.74, 6) is -2.61. The Morgan fingerprint density at radius 2 is 2.22 bits per heavy atom. The van der Waals surface area contributed by atoms with Gasteiger partial charge < -0.3 is 5.11 Å². The Bertz CT molecular complexity index is 434. The summed E-state index contributed by atoms with van der Waals surface area (Å²) in [4.78, 5) is 0. The molecule has 0 bridgehead atoms. The Morgan fingerprint density at radius 1 is 1.50 bits per heavy atom. The van der Waals surface area contributed by atoms with Crippen LogP contribution in [0, 0.1) is 12.8 Å². The fraction of sp³-hybridized carbons (Fsp3) is 0.571. The van der Waals surface area contributed by atoms with Gasteiger partial charge in [0.1, 0.15) is 0 Å². The first-order chi connectivity index (χ1) is 8.39. The lowest BCUT2D eigenvalue weighted by Crippen LogP contribution is -2.11. The third-order valence-electron chi connectivity index (χ3n) is 3.73. The van der Waals surface area contributed by atoms with Crippen molar-refractivity contribution < 1.29 is 13.9 Å². The maximum atomic E-state index is 13.1. The molecule has 2 rings (SSSR count). The Balaban J connectivity index is 2.04. The highest BCUT2D eigenvalue weighted by atomic mass is 79.9. The van der Waals surface area contributed by atoms with Crippen LogP contribution in [0.25, 0.3) is 0 Å². The summed E-state index contributed by atoms with van der Waals surface area (Å²) in [5.41, 5.74) is 1.81. The summed E-state index contributed by atoms with van der Waals surface area (Å²) in [7, 11) is 0. The lowest BCUT2D eigenvalue weighted by atomic mass is 9.93. The van der Waals surface area contributed by atoms with Crippen LogP contribution in [0.3, 0.4) is 0 Å². The van der Waals surface area contributed by atoms with Gasteiger partial charge in [0.05, 0.1) is 6.10 Å². The molecule has 1 N–H and O–H groups in total. The molecular formula is C14H17BrF2O. The van der Waals surface area contributed by atoms with E-state index in [0.717, 1.165) is 15.6 Å². The predicted octanol–water partition coefficient (Wildman–Crippen LogP) is 4.62. The van der Waals surface area contributed by atoms with Crippen molar-refractivity contribution in [3.05, 3.63) is 33.8 Å². The van der Waals surface area contributed by atoms with Gasteiger partial charge in [-0.15, -0.1) is 0 Å². The van der Waals surface area contributed by atoms with Gasteiger partial charge in [0.15, 0.2) is 0 Å². The van der Waals surface area contributed by atoms with Crippen molar-refractivity contribution in [1.82, 2.24) is 0 Å². The van der Waals surface area contributed by atoms with E-state index in [9.17, 15) is 13.9 Å². The van der Waals surface area contributed by atoms with Gasteiger partial charge in [-0.3, -0.25) is 0 Å². The minimum atomic E-state index is -2.53. The number of rotatable bonds is 3. The van der Waals surface area contributed by atoms with Crippen LogP contribution < -0.4 is 0 Å². The second-order valence-corrected chi connectivity index (χ2v) is 6.02. The molecule has 0 saturated heterocycles.